The fraction of sp³-hybridized carbons (Fsp3) is 0.176. The first-order chi connectivity index (χ1) is 11.4. The predicted molar refractivity (Wildman–Crippen MR) is 85.1 cm³/mol. The van der Waals surface area contributed by atoms with E-state index in [9.17, 15) is 18.4 Å². The number of halogens is 3. The quantitative estimate of drug-likeness (QED) is 0.659. The van der Waals surface area contributed by atoms with Crippen LogP contribution in [0, 0.1) is 18.6 Å². The summed E-state index contributed by atoms with van der Waals surface area (Å²) in [6.07, 6.45) is -0.126. The van der Waals surface area contributed by atoms with Gasteiger partial charge in [0.05, 0.1) is 17.0 Å². The van der Waals surface area contributed by atoms with E-state index in [-0.39, 0.29) is 24.3 Å². The largest absolute Gasteiger partial charge is 0.425 e. The summed E-state index contributed by atoms with van der Waals surface area (Å²) in [7, 11) is 0. The maximum atomic E-state index is 13.4. The van der Waals surface area contributed by atoms with Crippen molar-refractivity contribution in [3.05, 3.63) is 64.2 Å². The van der Waals surface area contributed by atoms with E-state index >= 15 is 0 Å². The Morgan fingerprint density at radius 2 is 1.92 bits per heavy atom. The van der Waals surface area contributed by atoms with Crippen LogP contribution in [0.5, 0.6) is 5.75 Å². The molecule has 7 heteroatoms. The second kappa shape index (κ2) is 7.88. The molecule has 2 aromatic rings. The lowest BCUT2D eigenvalue weighted by molar-refractivity contribution is -0.134. The first-order valence-electron chi connectivity index (χ1n) is 7.07. The summed E-state index contributed by atoms with van der Waals surface area (Å²) in [6.45, 7) is 1.77. The molecule has 1 N–H and O–H groups in total. The van der Waals surface area contributed by atoms with Gasteiger partial charge >= 0.3 is 5.97 Å². The Balaban J connectivity index is 1.86. The molecule has 2 aromatic carbocycles. The number of ether oxygens (including phenoxy) is 1. The number of benzene rings is 2. The smallest absolute Gasteiger partial charge is 0.313 e. The molecule has 0 unspecified atom stereocenters. The molecule has 0 aliphatic heterocycles. The summed E-state index contributed by atoms with van der Waals surface area (Å²) >= 11 is 5.92. The maximum Gasteiger partial charge on any atom is 0.313 e. The summed E-state index contributed by atoms with van der Waals surface area (Å²) < 4.78 is 31.3. The first kappa shape index (κ1) is 17.9. The molecule has 0 saturated heterocycles. The minimum atomic E-state index is -0.971. The molecule has 4 nitrogen and oxygen atoms in total. The highest BCUT2D eigenvalue weighted by atomic mass is 35.5. The highest BCUT2D eigenvalue weighted by molar-refractivity contribution is 6.32. The van der Waals surface area contributed by atoms with Crippen LogP contribution < -0.4 is 10.1 Å². The van der Waals surface area contributed by atoms with E-state index in [4.69, 9.17) is 16.3 Å². The molecular weight excluding hydrogens is 340 g/mol. The lowest BCUT2D eigenvalue weighted by Crippen LogP contribution is -2.28. The predicted octanol–water partition coefficient (Wildman–Crippen LogP) is 3.65. The Bertz CT molecular complexity index is 780. The molecule has 0 bridgehead atoms. The Labute approximate surface area is 142 Å². The van der Waals surface area contributed by atoms with Crippen LogP contribution in [0.3, 0.4) is 0 Å². The Morgan fingerprint density at radius 3 is 2.62 bits per heavy atom. The maximum absolute atomic E-state index is 13.4. The second-order valence-corrected chi connectivity index (χ2v) is 5.45. The van der Waals surface area contributed by atoms with Gasteiger partial charge in [-0.3, -0.25) is 9.59 Å². The fourth-order valence-corrected chi connectivity index (χ4v) is 2.07. The van der Waals surface area contributed by atoms with Crippen LogP contribution in [-0.4, -0.2) is 18.4 Å². The molecule has 0 saturated carbocycles. The summed E-state index contributed by atoms with van der Waals surface area (Å²) in [5.41, 5.74) is 0.578. The van der Waals surface area contributed by atoms with Crippen molar-refractivity contribution in [3.8, 4) is 5.75 Å². The number of esters is 1. The van der Waals surface area contributed by atoms with E-state index in [1.807, 2.05) is 6.92 Å². The van der Waals surface area contributed by atoms with Crippen molar-refractivity contribution >= 4 is 23.5 Å². The van der Waals surface area contributed by atoms with Crippen LogP contribution in [0.4, 0.5) is 8.78 Å². The number of nitrogens with one attached hydrogen (secondary N) is 1. The number of aryl methyl sites for hydroxylation is 1. The molecule has 0 atom stereocenters. The summed E-state index contributed by atoms with van der Waals surface area (Å²) in [6, 6.07) is 7.63. The summed E-state index contributed by atoms with van der Waals surface area (Å²) in [5, 5.41) is 2.66. The van der Waals surface area contributed by atoms with E-state index in [1.165, 1.54) is 0 Å². The van der Waals surface area contributed by atoms with E-state index in [0.29, 0.717) is 11.1 Å². The van der Waals surface area contributed by atoms with Gasteiger partial charge in [-0.15, -0.1) is 0 Å². The van der Waals surface area contributed by atoms with Crippen LogP contribution in [0.15, 0.2) is 36.4 Å². The SMILES string of the molecule is Cc1ccc(Cl)c(OC(=O)CCNC(=O)c2ccc(F)cc2F)c1. The van der Waals surface area contributed by atoms with Crippen LogP contribution in [0.1, 0.15) is 22.3 Å². The third-order valence-electron chi connectivity index (χ3n) is 3.10. The number of hydrogen-bond donors (Lipinski definition) is 1. The van der Waals surface area contributed by atoms with Crippen molar-refractivity contribution in [3.63, 3.8) is 0 Å². The van der Waals surface area contributed by atoms with Gasteiger partial charge in [-0.2, -0.15) is 0 Å². The van der Waals surface area contributed by atoms with Gasteiger partial charge in [0.2, 0.25) is 0 Å². The molecule has 0 heterocycles. The topological polar surface area (TPSA) is 55.4 Å². The monoisotopic (exact) mass is 353 g/mol. The number of carbonyl (C=O) groups is 2. The molecule has 2 rings (SSSR count). The van der Waals surface area contributed by atoms with Gasteiger partial charge in [0.25, 0.3) is 5.91 Å². The van der Waals surface area contributed by atoms with Gasteiger partial charge in [-0.1, -0.05) is 17.7 Å². The second-order valence-electron chi connectivity index (χ2n) is 5.04. The van der Waals surface area contributed by atoms with Crippen molar-refractivity contribution < 1.29 is 23.1 Å². The molecule has 126 valence electrons. The van der Waals surface area contributed by atoms with Crippen molar-refractivity contribution in [1.82, 2.24) is 5.32 Å². The van der Waals surface area contributed by atoms with Crippen LogP contribution in [0.25, 0.3) is 0 Å². The van der Waals surface area contributed by atoms with Crippen molar-refractivity contribution in [2.24, 2.45) is 0 Å². The van der Waals surface area contributed by atoms with E-state index in [0.717, 1.165) is 17.7 Å². The summed E-state index contributed by atoms with van der Waals surface area (Å²) in [4.78, 5) is 23.5. The third kappa shape index (κ3) is 4.76. The fourth-order valence-electron chi connectivity index (χ4n) is 1.91. The van der Waals surface area contributed by atoms with E-state index in [2.05, 4.69) is 5.32 Å². The molecule has 0 spiro atoms. The van der Waals surface area contributed by atoms with Crippen molar-refractivity contribution in [1.29, 1.82) is 0 Å². The minimum Gasteiger partial charge on any atom is -0.425 e. The number of amides is 1. The Kier molecular flexibility index (Phi) is 5.87. The third-order valence-corrected chi connectivity index (χ3v) is 3.41. The van der Waals surface area contributed by atoms with Crippen LogP contribution in [0.2, 0.25) is 5.02 Å². The van der Waals surface area contributed by atoms with Gasteiger partial charge in [0.15, 0.2) is 0 Å². The molecule has 0 fully saturated rings. The molecule has 0 radical (unpaired) electrons. The van der Waals surface area contributed by atoms with Crippen molar-refractivity contribution in [2.75, 3.05) is 6.54 Å². The highest BCUT2D eigenvalue weighted by Gasteiger charge is 2.13. The minimum absolute atomic E-state index is 0.0576. The Morgan fingerprint density at radius 1 is 1.17 bits per heavy atom. The molecule has 0 aliphatic rings. The number of carbonyl (C=O) groups excluding carboxylic acids is 2. The first-order valence-corrected chi connectivity index (χ1v) is 7.44. The molecular formula is C17H14ClF2NO3. The zero-order chi connectivity index (χ0) is 17.7. The zero-order valence-electron chi connectivity index (χ0n) is 12.7. The van der Waals surface area contributed by atoms with Gasteiger partial charge < -0.3 is 10.1 Å². The van der Waals surface area contributed by atoms with E-state index in [1.54, 1.807) is 18.2 Å². The highest BCUT2D eigenvalue weighted by Crippen LogP contribution is 2.25. The van der Waals surface area contributed by atoms with Crippen molar-refractivity contribution in [2.45, 2.75) is 13.3 Å². The summed E-state index contributed by atoms with van der Waals surface area (Å²) in [5.74, 6) is -2.85. The lowest BCUT2D eigenvalue weighted by atomic mass is 10.2. The zero-order valence-corrected chi connectivity index (χ0v) is 13.5. The van der Waals surface area contributed by atoms with Gasteiger partial charge in [0.1, 0.15) is 17.4 Å². The van der Waals surface area contributed by atoms with Gasteiger partial charge in [0, 0.05) is 12.6 Å². The van der Waals surface area contributed by atoms with E-state index < -0.39 is 23.5 Å². The normalized spacial score (nSPS) is 10.3. The molecule has 0 aliphatic carbocycles. The van der Waals surface area contributed by atoms with Crippen LogP contribution in [-0.2, 0) is 4.79 Å². The Hall–Kier alpha value is -2.47. The molecule has 24 heavy (non-hydrogen) atoms. The molecule has 0 aromatic heterocycles. The average Bonchev–Trinajstić information content (AvgIpc) is 2.50. The van der Waals surface area contributed by atoms with Gasteiger partial charge in [-0.05, 0) is 36.8 Å². The number of hydrogen-bond acceptors (Lipinski definition) is 3. The number of rotatable bonds is 5. The standard InChI is InChI=1S/C17H14ClF2NO3/c1-10-2-5-13(18)15(8-10)24-16(22)6-7-21-17(23)12-4-3-11(19)9-14(12)20/h2-5,8-9H,6-7H2,1H3,(H,21,23). The van der Waals surface area contributed by atoms with Gasteiger partial charge in [-0.25, -0.2) is 8.78 Å². The molecule has 1 amide bonds. The van der Waals surface area contributed by atoms with Crippen LogP contribution >= 0.6 is 11.6 Å². The average molecular weight is 354 g/mol. The lowest BCUT2D eigenvalue weighted by Gasteiger charge is -2.08.